The maximum atomic E-state index is 15.3. The van der Waals surface area contributed by atoms with Crippen molar-refractivity contribution < 1.29 is 42.6 Å². The number of ether oxygens (including phenoxy) is 2. The van der Waals surface area contributed by atoms with Crippen LogP contribution in [0.15, 0.2) is 57.5 Å². The number of likely N-dealkylation sites (tertiary alicyclic amines) is 2. The Bertz CT molecular complexity index is 1480. The molecule has 2 aromatic carbocycles. The Morgan fingerprint density at radius 1 is 0.761 bits per heavy atom. The second kappa shape index (κ2) is 15.0. The monoisotopic (exact) mass is 768 g/mol. The molecule has 46 heavy (non-hydrogen) atoms. The Hall–Kier alpha value is -3.45. The van der Waals surface area contributed by atoms with E-state index in [9.17, 15) is 28.8 Å². The van der Waals surface area contributed by atoms with Gasteiger partial charge in [0.1, 0.15) is 11.2 Å². The van der Waals surface area contributed by atoms with Crippen molar-refractivity contribution >= 4 is 67.7 Å². The number of halogens is 3. The quantitative estimate of drug-likeness (QED) is 0.282. The van der Waals surface area contributed by atoms with E-state index in [1.54, 1.807) is 53.7 Å². The van der Waals surface area contributed by atoms with Crippen LogP contribution in [0.4, 0.5) is 14.0 Å². The molecule has 0 radical (unpaired) electrons. The molecule has 4 rings (SSSR count). The SMILES string of the molecule is C.CC(C)(C)OC(=O)N1C(=O)CCC(F)(c2ccc(Br)cc2)C1=O.CC(C)(C)OC(=O)N1C(=O)CCC(c2ccc(Br)cc2)C1=O. The number of imide groups is 6. The van der Waals surface area contributed by atoms with Crippen molar-refractivity contribution in [1.29, 1.82) is 0 Å². The van der Waals surface area contributed by atoms with Crippen LogP contribution in [0, 0.1) is 0 Å². The fraction of sp³-hybridized carbons (Fsp3) is 0.455. The van der Waals surface area contributed by atoms with Gasteiger partial charge in [-0.15, -0.1) is 0 Å². The first-order valence-electron chi connectivity index (χ1n) is 14.1. The Balaban J connectivity index is 0.000000314. The Labute approximate surface area is 285 Å². The lowest BCUT2D eigenvalue weighted by molar-refractivity contribution is -0.158. The normalized spacial score (nSPS) is 20.3. The summed E-state index contributed by atoms with van der Waals surface area (Å²) in [6.07, 6.45) is -2.05. The van der Waals surface area contributed by atoms with Gasteiger partial charge in [-0.3, -0.25) is 19.2 Å². The molecular weight excluding hydrogens is 731 g/mol. The largest absolute Gasteiger partial charge is 0.443 e. The average molecular weight is 770 g/mol. The van der Waals surface area contributed by atoms with Gasteiger partial charge in [0.2, 0.25) is 23.4 Å². The predicted octanol–water partition coefficient (Wildman–Crippen LogP) is 7.95. The van der Waals surface area contributed by atoms with Gasteiger partial charge in [0.15, 0.2) is 0 Å². The molecular formula is C33H39Br2FN2O8. The zero-order chi connectivity index (χ0) is 33.9. The van der Waals surface area contributed by atoms with Crippen LogP contribution in [0.5, 0.6) is 0 Å². The summed E-state index contributed by atoms with van der Waals surface area (Å²) in [5.41, 5.74) is -3.19. The smallest absolute Gasteiger partial charge is 0.424 e. The number of hydrogen-bond acceptors (Lipinski definition) is 8. The van der Waals surface area contributed by atoms with Gasteiger partial charge in [-0.05, 0) is 83.4 Å². The third kappa shape index (κ3) is 9.54. The van der Waals surface area contributed by atoms with Crippen molar-refractivity contribution in [2.75, 3.05) is 0 Å². The van der Waals surface area contributed by atoms with E-state index in [4.69, 9.17) is 9.47 Å². The molecule has 2 fully saturated rings. The second-order valence-corrected chi connectivity index (χ2v) is 14.3. The summed E-state index contributed by atoms with van der Waals surface area (Å²) < 4.78 is 27.1. The van der Waals surface area contributed by atoms with E-state index >= 15 is 4.39 Å². The number of carbonyl (C=O) groups excluding carboxylic acids is 6. The van der Waals surface area contributed by atoms with Gasteiger partial charge in [-0.2, -0.15) is 9.80 Å². The van der Waals surface area contributed by atoms with Gasteiger partial charge >= 0.3 is 12.2 Å². The molecule has 2 heterocycles. The summed E-state index contributed by atoms with van der Waals surface area (Å²) in [6.45, 7) is 9.87. The van der Waals surface area contributed by atoms with Crippen LogP contribution in [0.25, 0.3) is 0 Å². The van der Waals surface area contributed by atoms with E-state index in [0.29, 0.717) is 11.3 Å². The van der Waals surface area contributed by atoms with Crippen LogP contribution in [0.1, 0.15) is 91.7 Å². The maximum absolute atomic E-state index is 15.3. The first-order chi connectivity index (χ1) is 20.7. The highest BCUT2D eigenvalue weighted by molar-refractivity contribution is 9.10. The molecule has 2 aliphatic heterocycles. The lowest BCUT2D eigenvalue weighted by Crippen LogP contribution is -2.55. The van der Waals surface area contributed by atoms with Crippen molar-refractivity contribution in [2.45, 2.75) is 97.4 Å². The van der Waals surface area contributed by atoms with E-state index in [0.717, 1.165) is 14.5 Å². The van der Waals surface area contributed by atoms with E-state index in [1.165, 1.54) is 12.1 Å². The van der Waals surface area contributed by atoms with Crippen molar-refractivity contribution in [3.8, 4) is 0 Å². The van der Waals surface area contributed by atoms with Crippen LogP contribution in [-0.4, -0.2) is 56.8 Å². The minimum atomic E-state index is -2.43. The molecule has 2 atom stereocenters. The highest BCUT2D eigenvalue weighted by Gasteiger charge is 2.52. The molecule has 6 amide bonds. The van der Waals surface area contributed by atoms with Crippen molar-refractivity contribution in [2.24, 2.45) is 0 Å². The summed E-state index contributed by atoms with van der Waals surface area (Å²) in [4.78, 5) is 74.1. The highest BCUT2D eigenvalue weighted by Crippen LogP contribution is 2.38. The lowest BCUT2D eigenvalue weighted by atomic mass is 9.86. The van der Waals surface area contributed by atoms with Crippen LogP contribution in [0.2, 0.25) is 0 Å². The molecule has 0 aromatic heterocycles. The zero-order valence-corrected chi connectivity index (χ0v) is 29.0. The maximum Gasteiger partial charge on any atom is 0.424 e. The second-order valence-electron chi connectivity index (χ2n) is 12.5. The Morgan fingerprint density at radius 2 is 1.20 bits per heavy atom. The molecule has 0 bridgehead atoms. The fourth-order valence-electron chi connectivity index (χ4n) is 4.55. The van der Waals surface area contributed by atoms with E-state index in [-0.39, 0.29) is 37.2 Å². The van der Waals surface area contributed by atoms with Crippen molar-refractivity contribution in [3.63, 3.8) is 0 Å². The summed E-state index contributed by atoms with van der Waals surface area (Å²) in [5.74, 6) is -3.49. The van der Waals surface area contributed by atoms with Gasteiger partial charge in [-0.1, -0.05) is 63.6 Å². The van der Waals surface area contributed by atoms with Gasteiger partial charge in [0.05, 0.1) is 5.92 Å². The molecule has 10 nitrogen and oxygen atoms in total. The zero-order valence-electron chi connectivity index (χ0n) is 25.8. The van der Waals surface area contributed by atoms with Gasteiger partial charge < -0.3 is 9.47 Å². The molecule has 2 saturated heterocycles. The number of rotatable bonds is 2. The summed E-state index contributed by atoms with van der Waals surface area (Å²) in [5, 5.41) is 0. The lowest BCUT2D eigenvalue weighted by Gasteiger charge is -2.34. The molecule has 0 N–H and O–H groups in total. The van der Waals surface area contributed by atoms with E-state index in [1.807, 2.05) is 24.3 Å². The first kappa shape index (κ1) is 38.7. The molecule has 13 heteroatoms. The molecule has 0 aliphatic carbocycles. The number of alkyl halides is 1. The van der Waals surface area contributed by atoms with E-state index < -0.39 is 58.6 Å². The number of amides is 6. The number of nitrogens with zero attached hydrogens (tertiary/aromatic N) is 2. The van der Waals surface area contributed by atoms with Crippen LogP contribution in [0.3, 0.4) is 0 Å². The molecule has 0 spiro atoms. The van der Waals surface area contributed by atoms with Gasteiger partial charge in [0.25, 0.3) is 5.91 Å². The molecule has 2 aliphatic rings. The van der Waals surface area contributed by atoms with Crippen molar-refractivity contribution in [3.05, 3.63) is 68.6 Å². The van der Waals surface area contributed by atoms with Crippen LogP contribution in [-0.2, 0) is 34.3 Å². The molecule has 2 unspecified atom stereocenters. The topological polar surface area (TPSA) is 127 Å². The third-order valence-corrected chi connectivity index (χ3v) is 7.67. The summed E-state index contributed by atoms with van der Waals surface area (Å²) >= 11 is 6.57. The minimum absolute atomic E-state index is 0. The van der Waals surface area contributed by atoms with Gasteiger partial charge in [-0.25, -0.2) is 14.0 Å². The third-order valence-electron chi connectivity index (χ3n) is 6.62. The van der Waals surface area contributed by atoms with Gasteiger partial charge in [0, 0.05) is 28.2 Å². The minimum Gasteiger partial charge on any atom is -0.443 e. The number of piperidine rings is 2. The molecule has 250 valence electrons. The van der Waals surface area contributed by atoms with Crippen LogP contribution < -0.4 is 0 Å². The average Bonchev–Trinajstić information content (AvgIpc) is 2.91. The Morgan fingerprint density at radius 3 is 1.67 bits per heavy atom. The molecule has 0 saturated carbocycles. The summed E-state index contributed by atoms with van der Waals surface area (Å²) in [7, 11) is 0. The Kier molecular flexibility index (Phi) is 12.6. The standard InChI is InChI=1S/C16H17BrFNO4.C16H18BrNO4.CH4/c1-15(2,3)23-14(22)19-12(20)8-9-16(18,13(19)21)10-4-6-11(17)7-5-10;1-16(2,3)22-15(21)18-13(19)9-8-12(14(18)20)10-4-6-11(17)7-5-10;/h4-7H,8-9H2,1-3H3;4-7,12H,8-9H2,1-3H3;1H4. The number of hydrogen-bond donors (Lipinski definition) is 0. The van der Waals surface area contributed by atoms with Crippen molar-refractivity contribution in [1.82, 2.24) is 9.80 Å². The first-order valence-corrected chi connectivity index (χ1v) is 15.7. The fourth-order valence-corrected chi connectivity index (χ4v) is 5.08. The number of benzene rings is 2. The van der Waals surface area contributed by atoms with E-state index in [2.05, 4.69) is 31.9 Å². The highest BCUT2D eigenvalue weighted by atomic mass is 79.9. The number of carbonyl (C=O) groups is 6. The molecule has 2 aromatic rings. The summed E-state index contributed by atoms with van der Waals surface area (Å²) in [6, 6.07) is 13.4. The van der Waals surface area contributed by atoms with Crippen LogP contribution >= 0.6 is 31.9 Å². The predicted molar refractivity (Wildman–Crippen MR) is 175 cm³/mol.